The van der Waals surface area contributed by atoms with Crippen LogP contribution in [-0.4, -0.2) is 12.5 Å². The maximum Gasteiger partial charge on any atom is 0.266 e. The summed E-state index contributed by atoms with van der Waals surface area (Å²) in [5.74, 6) is 0.257. The molecule has 3 aromatic carbocycles. The monoisotopic (exact) mass is 566 g/mol. The summed E-state index contributed by atoms with van der Waals surface area (Å²) in [4.78, 5) is 12.7. The summed E-state index contributed by atoms with van der Waals surface area (Å²) in [6.45, 7) is 6.42. The molecule has 0 aliphatic heterocycles. The van der Waals surface area contributed by atoms with E-state index in [0.717, 1.165) is 31.2 Å². The maximum atomic E-state index is 12.7. The van der Waals surface area contributed by atoms with E-state index in [-0.39, 0.29) is 5.57 Å². The van der Waals surface area contributed by atoms with Crippen LogP contribution in [-0.2, 0) is 11.2 Å². The first-order valence-electron chi connectivity index (χ1n) is 10.5. The fraction of sp³-hybridized carbons (Fsp3) is 0.185. The number of aryl methyl sites for hydroxylation is 2. The molecule has 0 atom stereocenters. The minimum Gasteiger partial charge on any atom is -0.494 e. The van der Waals surface area contributed by atoms with Gasteiger partial charge in [0.2, 0.25) is 0 Å². The maximum absolute atomic E-state index is 12.7. The van der Waals surface area contributed by atoms with Crippen LogP contribution < -0.4 is 10.1 Å². The Hall–Kier alpha value is -2.88. The van der Waals surface area contributed by atoms with E-state index < -0.39 is 5.91 Å². The van der Waals surface area contributed by atoms with Crippen molar-refractivity contribution < 1.29 is 9.53 Å². The number of amides is 1. The Labute approximate surface area is 211 Å². The fourth-order valence-electron chi connectivity index (χ4n) is 3.34. The molecule has 0 saturated heterocycles. The number of carbonyl (C=O) groups excluding carboxylic acids is 1. The van der Waals surface area contributed by atoms with Gasteiger partial charge in [0, 0.05) is 26.6 Å². The zero-order chi connectivity index (χ0) is 24.0. The first-order valence-corrected chi connectivity index (χ1v) is 12.1. The predicted molar refractivity (Wildman–Crippen MR) is 140 cm³/mol. The summed E-state index contributed by atoms with van der Waals surface area (Å²) in [5.41, 5.74) is 5.71. The summed E-state index contributed by atoms with van der Waals surface area (Å²) < 4.78 is 7.78. The van der Waals surface area contributed by atoms with Crippen LogP contribution in [0.4, 0.5) is 5.69 Å². The highest BCUT2D eigenvalue weighted by Crippen LogP contribution is 2.33. The number of nitrogens with one attached hydrogen (secondary N) is 1. The van der Waals surface area contributed by atoms with Crippen LogP contribution in [0, 0.1) is 25.2 Å². The minimum absolute atomic E-state index is 0.0149. The molecule has 0 fully saturated rings. The summed E-state index contributed by atoms with van der Waals surface area (Å²) in [5, 5.41) is 12.4. The molecule has 6 heteroatoms. The molecule has 0 aliphatic rings. The van der Waals surface area contributed by atoms with Crippen LogP contribution in [0.25, 0.3) is 6.08 Å². The number of halogens is 2. The van der Waals surface area contributed by atoms with Crippen LogP contribution in [0.2, 0.25) is 0 Å². The molecular formula is C27H24Br2N2O2. The van der Waals surface area contributed by atoms with Crippen molar-refractivity contribution in [2.75, 3.05) is 11.9 Å². The number of hydrogen-bond acceptors (Lipinski definition) is 3. The number of nitrogens with zero attached hydrogens (tertiary/aromatic N) is 1. The lowest BCUT2D eigenvalue weighted by atomic mass is 10.0. The number of nitriles is 1. The van der Waals surface area contributed by atoms with E-state index in [9.17, 15) is 10.1 Å². The van der Waals surface area contributed by atoms with Crippen molar-refractivity contribution >= 4 is 49.5 Å². The van der Waals surface area contributed by atoms with Gasteiger partial charge in [-0.3, -0.25) is 4.79 Å². The SMILES string of the molecule is CCOc1cc(/C=C(\C#N)C(=O)Nc2ccc(C)c(C)c2)cc(Br)c1Cc1ccccc1Br. The Kier molecular flexibility index (Phi) is 8.49. The second-order valence-corrected chi connectivity index (χ2v) is 9.31. The molecule has 0 spiro atoms. The molecule has 3 aromatic rings. The Balaban J connectivity index is 1.92. The Morgan fingerprint density at radius 3 is 2.48 bits per heavy atom. The molecule has 0 aromatic heterocycles. The van der Waals surface area contributed by atoms with Crippen LogP contribution in [0.1, 0.15) is 34.7 Å². The van der Waals surface area contributed by atoms with Crippen molar-refractivity contribution in [1.82, 2.24) is 0 Å². The number of ether oxygens (including phenoxy) is 1. The van der Waals surface area contributed by atoms with E-state index in [1.54, 1.807) is 6.08 Å². The number of carbonyl (C=O) groups is 1. The average molecular weight is 568 g/mol. The zero-order valence-electron chi connectivity index (χ0n) is 18.7. The highest BCUT2D eigenvalue weighted by molar-refractivity contribution is 9.10. The predicted octanol–water partition coefficient (Wildman–Crippen LogP) is 7.36. The van der Waals surface area contributed by atoms with Crippen molar-refractivity contribution in [3.63, 3.8) is 0 Å². The highest BCUT2D eigenvalue weighted by atomic mass is 79.9. The largest absolute Gasteiger partial charge is 0.494 e. The van der Waals surface area contributed by atoms with Gasteiger partial charge in [-0.1, -0.05) is 56.1 Å². The van der Waals surface area contributed by atoms with Crippen molar-refractivity contribution in [3.05, 3.63) is 96.9 Å². The number of benzene rings is 3. The summed E-state index contributed by atoms with van der Waals surface area (Å²) in [6.07, 6.45) is 2.24. The van der Waals surface area contributed by atoms with Gasteiger partial charge in [0.25, 0.3) is 5.91 Å². The van der Waals surface area contributed by atoms with E-state index >= 15 is 0 Å². The van der Waals surface area contributed by atoms with Crippen LogP contribution in [0.15, 0.2) is 69.1 Å². The van der Waals surface area contributed by atoms with Gasteiger partial charge >= 0.3 is 0 Å². The third kappa shape index (κ3) is 6.34. The molecular weight excluding hydrogens is 544 g/mol. The van der Waals surface area contributed by atoms with E-state index in [1.807, 2.05) is 75.4 Å². The quantitative estimate of drug-likeness (QED) is 0.239. The molecule has 0 unspecified atom stereocenters. The average Bonchev–Trinajstić information content (AvgIpc) is 2.78. The highest BCUT2D eigenvalue weighted by Gasteiger charge is 2.15. The van der Waals surface area contributed by atoms with Gasteiger partial charge in [-0.15, -0.1) is 0 Å². The first-order chi connectivity index (χ1) is 15.8. The Morgan fingerprint density at radius 1 is 1.06 bits per heavy atom. The lowest BCUT2D eigenvalue weighted by Gasteiger charge is -2.15. The van der Waals surface area contributed by atoms with Gasteiger partial charge in [-0.25, -0.2) is 0 Å². The number of anilines is 1. The van der Waals surface area contributed by atoms with E-state index in [4.69, 9.17) is 4.74 Å². The van der Waals surface area contributed by atoms with E-state index in [0.29, 0.717) is 30.0 Å². The Bertz CT molecular complexity index is 1260. The smallest absolute Gasteiger partial charge is 0.266 e. The fourth-order valence-corrected chi connectivity index (χ4v) is 4.36. The topological polar surface area (TPSA) is 62.1 Å². The lowest BCUT2D eigenvalue weighted by molar-refractivity contribution is -0.112. The van der Waals surface area contributed by atoms with Gasteiger partial charge in [-0.2, -0.15) is 5.26 Å². The summed E-state index contributed by atoms with van der Waals surface area (Å²) >= 11 is 7.26. The molecule has 0 aliphatic carbocycles. The third-order valence-electron chi connectivity index (χ3n) is 5.24. The Morgan fingerprint density at radius 2 is 1.82 bits per heavy atom. The van der Waals surface area contributed by atoms with Gasteiger partial charge < -0.3 is 10.1 Å². The molecule has 168 valence electrons. The molecule has 0 heterocycles. The second-order valence-electron chi connectivity index (χ2n) is 7.60. The summed E-state index contributed by atoms with van der Waals surface area (Å²) in [6, 6.07) is 19.5. The van der Waals surface area contributed by atoms with Gasteiger partial charge in [0.1, 0.15) is 17.4 Å². The molecule has 3 rings (SSSR count). The third-order valence-corrected chi connectivity index (χ3v) is 6.72. The molecule has 1 N–H and O–H groups in total. The van der Waals surface area contributed by atoms with E-state index in [2.05, 4.69) is 43.2 Å². The van der Waals surface area contributed by atoms with Crippen LogP contribution in [0.5, 0.6) is 5.75 Å². The standard InChI is InChI=1S/C27H24Br2N2O2/c1-4-33-26-14-19(13-25(29)23(26)15-20-7-5-6-8-24(20)28)12-21(16-30)27(32)31-22-10-9-17(2)18(3)11-22/h5-14H,4,15H2,1-3H3,(H,31,32)/b21-12+. The molecule has 0 saturated carbocycles. The van der Waals surface area contributed by atoms with Crippen LogP contribution in [0.3, 0.4) is 0 Å². The van der Waals surface area contributed by atoms with Crippen LogP contribution >= 0.6 is 31.9 Å². The van der Waals surface area contributed by atoms with Crippen molar-refractivity contribution in [3.8, 4) is 11.8 Å². The van der Waals surface area contributed by atoms with Crippen molar-refractivity contribution in [2.24, 2.45) is 0 Å². The molecule has 0 radical (unpaired) electrons. The molecule has 0 bridgehead atoms. The zero-order valence-corrected chi connectivity index (χ0v) is 21.9. The van der Waals surface area contributed by atoms with Gasteiger partial charge in [0.15, 0.2) is 0 Å². The molecule has 33 heavy (non-hydrogen) atoms. The number of hydrogen-bond donors (Lipinski definition) is 1. The summed E-state index contributed by atoms with van der Waals surface area (Å²) in [7, 11) is 0. The molecule has 4 nitrogen and oxygen atoms in total. The first kappa shape index (κ1) is 24.8. The van der Waals surface area contributed by atoms with Crippen molar-refractivity contribution in [1.29, 1.82) is 5.26 Å². The van der Waals surface area contributed by atoms with Crippen molar-refractivity contribution in [2.45, 2.75) is 27.2 Å². The van der Waals surface area contributed by atoms with Gasteiger partial charge in [-0.05, 0) is 79.4 Å². The minimum atomic E-state index is -0.452. The lowest BCUT2D eigenvalue weighted by Crippen LogP contribution is -2.13. The molecule has 1 amide bonds. The van der Waals surface area contributed by atoms with Gasteiger partial charge in [0.05, 0.1) is 6.61 Å². The number of rotatable bonds is 7. The van der Waals surface area contributed by atoms with E-state index in [1.165, 1.54) is 0 Å². The normalized spacial score (nSPS) is 11.1. The second kappa shape index (κ2) is 11.3.